The molecule has 0 aliphatic heterocycles. The average Bonchev–Trinajstić information content (AvgIpc) is 2.38. The van der Waals surface area contributed by atoms with Crippen LogP contribution in [-0.4, -0.2) is 9.97 Å². The molecule has 2 aromatic rings. The molecular weight excluding hydrogens is 238 g/mol. The summed E-state index contributed by atoms with van der Waals surface area (Å²) in [6.07, 6.45) is 3.11. The standard InChI is InChI=1S/C12H8ClN3O/c13-12-4-3-10(7-16-12)17-8-9-2-1-5-15-11(9)6-14/h1-5,7H,8H2. The van der Waals surface area contributed by atoms with E-state index in [0.717, 1.165) is 5.56 Å². The van der Waals surface area contributed by atoms with E-state index in [4.69, 9.17) is 21.6 Å². The van der Waals surface area contributed by atoms with Gasteiger partial charge in [0.15, 0.2) is 0 Å². The highest BCUT2D eigenvalue weighted by Gasteiger charge is 2.03. The van der Waals surface area contributed by atoms with Crippen molar-refractivity contribution in [1.29, 1.82) is 5.26 Å². The van der Waals surface area contributed by atoms with Crippen molar-refractivity contribution < 1.29 is 4.74 Å². The number of pyridine rings is 2. The van der Waals surface area contributed by atoms with Gasteiger partial charge in [0.25, 0.3) is 0 Å². The predicted molar refractivity (Wildman–Crippen MR) is 62.5 cm³/mol. The van der Waals surface area contributed by atoms with Crippen molar-refractivity contribution in [2.45, 2.75) is 6.61 Å². The number of nitrogens with zero attached hydrogens (tertiary/aromatic N) is 3. The van der Waals surface area contributed by atoms with E-state index in [0.29, 0.717) is 16.6 Å². The minimum atomic E-state index is 0.278. The number of ether oxygens (including phenoxy) is 1. The summed E-state index contributed by atoms with van der Waals surface area (Å²) >= 11 is 5.66. The topological polar surface area (TPSA) is 58.8 Å². The molecule has 0 fully saturated rings. The predicted octanol–water partition coefficient (Wildman–Crippen LogP) is 2.58. The van der Waals surface area contributed by atoms with Crippen molar-refractivity contribution in [1.82, 2.24) is 9.97 Å². The zero-order chi connectivity index (χ0) is 12.1. The summed E-state index contributed by atoms with van der Waals surface area (Å²) in [5, 5.41) is 9.27. The minimum absolute atomic E-state index is 0.278. The highest BCUT2D eigenvalue weighted by molar-refractivity contribution is 6.29. The molecule has 17 heavy (non-hydrogen) atoms. The number of hydrogen-bond donors (Lipinski definition) is 0. The van der Waals surface area contributed by atoms with E-state index in [1.807, 2.05) is 6.07 Å². The number of hydrogen-bond acceptors (Lipinski definition) is 4. The van der Waals surface area contributed by atoms with Crippen LogP contribution in [0.3, 0.4) is 0 Å². The lowest BCUT2D eigenvalue weighted by Crippen LogP contribution is -1.99. The lowest BCUT2D eigenvalue weighted by atomic mass is 10.2. The van der Waals surface area contributed by atoms with E-state index in [-0.39, 0.29) is 6.61 Å². The van der Waals surface area contributed by atoms with Crippen LogP contribution in [0.1, 0.15) is 11.3 Å². The number of nitriles is 1. The van der Waals surface area contributed by atoms with E-state index >= 15 is 0 Å². The Morgan fingerprint density at radius 1 is 1.29 bits per heavy atom. The fourth-order valence-electron chi connectivity index (χ4n) is 1.26. The molecule has 0 saturated carbocycles. The van der Waals surface area contributed by atoms with Crippen molar-refractivity contribution in [2.24, 2.45) is 0 Å². The first-order valence-corrected chi connectivity index (χ1v) is 5.26. The molecule has 0 amide bonds. The van der Waals surface area contributed by atoms with Crippen LogP contribution in [0.5, 0.6) is 5.75 Å². The fraction of sp³-hybridized carbons (Fsp3) is 0.0833. The maximum atomic E-state index is 8.85. The van der Waals surface area contributed by atoms with Crippen LogP contribution in [0.2, 0.25) is 5.15 Å². The molecule has 2 heterocycles. The summed E-state index contributed by atoms with van der Waals surface area (Å²) in [4.78, 5) is 7.84. The molecule has 2 rings (SSSR count). The van der Waals surface area contributed by atoms with Gasteiger partial charge in [0, 0.05) is 11.8 Å². The van der Waals surface area contributed by atoms with Gasteiger partial charge in [0.05, 0.1) is 6.20 Å². The Kier molecular flexibility index (Phi) is 3.53. The smallest absolute Gasteiger partial charge is 0.147 e. The number of halogens is 1. The molecule has 5 heteroatoms. The highest BCUT2D eigenvalue weighted by Crippen LogP contribution is 2.14. The van der Waals surface area contributed by atoms with Gasteiger partial charge in [0.1, 0.15) is 29.3 Å². The normalized spacial score (nSPS) is 9.65. The van der Waals surface area contributed by atoms with Crippen molar-refractivity contribution in [2.75, 3.05) is 0 Å². The second-order valence-corrected chi connectivity index (χ2v) is 3.62. The molecule has 0 bridgehead atoms. The Labute approximate surface area is 103 Å². The van der Waals surface area contributed by atoms with Gasteiger partial charge in [0.2, 0.25) is 0 Å². The molecule has 0 radical (unpaired) electrons. The monoisotopic (exact) mass is 245 g/mol. The molecule has 0 atom stereocenters. The molecule has 0 aliphatic rings. The molecule has 0 unspecified atom stereocenters. The van der Waals surface area contributed by atoms with Crippen molar-refractivity contribution in [3.8, 4) is 11.8 Å². The molecule has 4 nitrogen and oxygen atoms in total. The molecular formula is C12H8ClN3O. The summed E-state index contributed by atoms with van der Waals surface area (Å²) in [7, 11) is 0. The first-order valence-electron chi connectivity index (χ1n) is 4.88. The molecule has 84 valence electrons. The van der Waals surface area contributed by atoms with Gasteiger partial charge in [-0.1, -0.05) is 17.7 Å². The SMILES string of the molecule is N#Cc1ncccc1COc1ccc(Cl)nc1. The van der Waals surface area contributed by atoms with Gasteiger partial charge in [-0.05, 0) is 18.2 Å². The van der Waals surface area contributed by atoms with E-state index in [1.165, 1.54) is 6.20 Å². The Morgan fingerprint density at radius 3 is 2.88 bits per heavy atom. The van der Waals surface area contributed by atoms with Crippen LogP contribution in [0.25, 0.3) is 0 Å². The third kappa shape index (κ3) is 2.92. The maximum Gasteiger partial charge on any atom is 0.147 e. The third-order valence-corrected chi connectivity index (χ3v) is 2.32. The lowest BCUT2D eigenvalue weighted by Gasteiger charge is -2.06. The Hall–Kier alpha value is -2.12. The van der Waals surface area contributed by atoms with Gasteiger partial charge in [-0.15, -0.1) is 0 Å². The molecule has 0 spiro atoms. The first-order chi connectivity index (χ1) is 8.29. The van der Waals surface area contributed by atoms with E-state index in [1.54, 1.807) is 30.5 Å². The summed E-state index contributed by atoms with van der Waals surface area (Å²) in [5.41, 5.74) is 1.11. The second-order valence-electron chi connectivity index (χ2n) is 3.23. The molecule has 0 aliphatic carbocycles. The average molecular weight is 246 g/mol. The van der Waals surface area contributed by atoms with Gasteiger partial charge < -0.3 is 4.74 Å². The summed E-state index contributed by atoms with van der Waals surface area (Å²) in [5.74, 6) is 0.599. The zero-order valence-electron chi connectivity index (χ0n) is 8.80. The number of aromatic nitrogens is 2. The van der Waals surface area contributed by atoms with Crippen LogP contribution < -0.4 is 4.74 Å². The van der Waals surface area contributed by atoms with Gasteiger partial charge >= 0.3 is 0 Å². The van der Waals surface area contributed by atoms with Crippen LogP contribution in [-0.2, 0) is 6.61 Å². The second kappa shape index (κ2) is 5.28. The van der Waals surface area contributed by atoms with Crippen molar-refractivity contribution >= 4 is 11.6 Å². The molecule has 2 aromatic heterocycles. The summed E-state index contributed by atoms with van der Waals surface area (Å²) in [6, 6.07) is 8.94. The Morgan fingerprint density at radius 2 is 2.18 bits per heavy atom. The van der Waals surface area contributed by atoms with Crippen molar-refractivity contribution in [3.63, 3.8) is 0 Å². The highest BCUT2D eigenvalue weighted by atomic mass is 35.5. The largest absolute Gasteiger partial charge is 0.487 e. The maximum absolute atomic E-state index is 8.85. The third-order valence-electron chi connectivity index (χ3n) is 2.09. The first kappa shape index (κ1) is 11.4. The van der Waals surface area contributed by atoms with E-state index < -0.39 is 0 Å². The minimum Gasteiger partial charge on any atom is -0.487 e. The summed E-state index contributed by atoms with van der Waals surface area (Å²) in [6.45, 7) is 0.278. The van der Waals surface area contributed by atoms with Crippen LogP contribution in [0.15, 0.2) is 36.7 Å². The fourth-order valence-corrected chi connectivity index (χ4v) is 1.38. The molecule has 0 N–H and O–H groups in total. The van der Waals surface area contributed by atoms with Crippen LogP contribution in [0, 0.1) is 11.3 Å². The van der Waals surface area contributed by atoms with E-state index in [9.17, 15) is 0 Å². The summed E-state index contributed by atoms with van der Waals surface area (Å²) < 4.78 is 5.48. The van der Waals surface area contributed by atoms with Gasteiger partial charge in [-0.2, -0.15) is 5.26 Å². The molecule has 0 saturated heterocycles. The lowest BCUT2D eigenvalue weighted by molar-refractivity contribution is 0.304. The Balaban J connectivity index is 2.08. The van der Waals surface area contributed by atoms with Crippen LogP contribution >= 0.6 is 11.6 Å². The van der Waals surface area contributed by atoms with Gasteiger partial charge in [-0.3, -0.25) is 0 Å². The van der Waals surface area contributed by atoms with E-state index in [2.05, 4.69) is 9.97 Å². The van der Waals surface area contributed by atoms with Gasteiger partial charge in [-0.25, -0.2) is 9.97 Å². The Bertz CT molecular complexity index is 548. The quantitative estimate of drug-likeness (QED) is 0.780. The number of rotatable bonds is 3. The van der Waals surface area contributed by atoms with Crippen LogP contribution in [0.4, 0.5) is 0 Å². The van der Waals surface area contributed by atoms with Crippen molar-refractivity contribution in [3.05, 3.63) is 53.1 Å². The molecule has 0 aromatic carbocycles. The zero-order valence-corrected chi connectivity index (χ0v) is 9.55.